The summed E-state index contributed by atoms with van der Waals surface area (Å²) in [4.78, 5) is 23.5. The van der Waals surface area contributed by atoms with Crippen molar-refractivity contribution in [2.75, 3.05) is 24.2 Å². The van der Waals surface area contributed by atoms with Crippen LogP contribution in [0.15, 0.2) is 24.3 Å². The molecule has 0 radical (unpaired) electrons. The van der Waals surface area contributed by atoms with Crippen LogP contribution in [0.5, 0.6) is 0 Å². The molecule has 0 bridgehead atoms. The van der Waals surface area contributed by atoms with Gasteiger partial charge in [0.1, 0.15) is 0 Å². The lowest BCUT2D eigenvalue weighted by Crippen LogP contribution is -2.28. The molecule has 0 aliphatic rings. The fraction of sp³-hybridized carbons (Fsp3) is 0.500. The molecule has 1 aromatic carbocycles. The van der Waals surface area contributed by atoms with Gasteiger partial charge >= 0.3 is 0 Å². The van der Waals surface area contributed by atoms with Crippen LogP contribution in [0.25, 0.3) is 0 Å². The molecule has 3 N–H and O–H groups in total. The Morgan fingerprint density at radius 2 is 1.50 bits per heavy atom. The summed E-state index contributed by atoms with van der Waals surface area (Å²) in [6.07, 6.45) is 0.500. The second-order valence-electron chi connectivity index (χ2n) is 5.67. The number of amides is 2. The van der Waals surface area contributed by atoms with Gasteiger partial charge in [0.2, 0.25) is 11.8 Å². The average Bonchev–Trinajstić information content (AvgIpc) is 2.40. The number of anilines is 2. The molecular weight excluding hydrogens is 302 g/mol. The van der Waals surface area contributed by atoms with Gasteiger partial charge in [0.15, 0.2) is 0 Å². The number of carbonyl (C=O) groups is 2. The molecule has 0 aliphatic carbocycles. The van der Waals surface area contributed by atoms with Gasteiger partial charge in [-0.15, -0.1) is 12.4 Å². The Balaban J connectivity index is 0.00000441. The molecule has 0 fully saturated rings. The molecular formula is C16H26ClN3O2. The van der Waals surface area contributed by atoms with Gasteiger partial charge in [-0.2, -0.15) is 0 Å². The summed E-state index contributed by atoms with van der Waals surface area (Å²) in [6.45, 7) is 6.51. The normalized spacial score (nSPS) is 11.5. The summed E-state index contributed by atoms with van der Waals surface area (Å²) in [7, 11) is 1.82. The van der Waals surface area contributed by atoms with E-state index in [1.54, 1.807) is 24.3 Å². The summed E-state index contributed by atoms with van der Waals surface area (Å²) < 4.78 is 0. The van der Waals surface area contributed by atoms with Crippen molar-refractivity contribution < 1.29 is 9.59 Å². The molecule has 6 heteroatoms. The minimum Gasteiger partial charge on any atom is -0.326 e. The Morgan fingerprint density at radius 3 is 1.95 bits per heavy atom. The van der Waals surface area contributed by atoms with E-state index in [4.69, 9.17) is 0 Å². The lowest BCUT2D eigenvalue weighted by Gasteiger charge is -2.12. The fourth-order valence-electron chi connectivity index (χ4n) is 1.88. The Labute approximate surface area is 138 Å². The maximum atomic E-state index is 11.9. The van der Waals surface area contributed by atoms with Crippen molar-refractivity contribution in [2.45, 2.75) is 27.2 Å². The van der Waals surface area contributed by atoms with Crippen molar-refractivity contribution in [1.29, 1.82) is 0 Å². The molecule has 0 saturated heterocycles. The Bertz CT molecular complexity index is 475. The second-order valence-corrected chi connectivity index (χ2v) is 5.67. The first-order valence-electron chi connectivity index (χ1n) is 7.27. The zero-order valence-corrected chi connectivity index (χ0v) is 14.4. The third-order valence-corrected chi connectivity index (χ3v) is 2.99. The van der Waals surface area contributed by atoms with Crippen molar-refractivity contribution in [2.24, 2.45) is 11.8 Å². The quantitative estimate of drug-likeness (QED) is 0.721. The topological polar surface area (TPSA) is 70.2 Å². The van der Waals surface area contributed by atoms with Gasteiger partial charge in [0, 0.05) is 30.3 Å². The van der Waals surface area contributed by atoms with Crippen molar-refractivity contribution in [3.63, 3.8) is 0 Å². The van der Waals surface area contributed by atoms with Gasteiger partial charge in [0.25, 0.3) is 0 Å². The molecule has 1 rings (SSSR count). The van der Waals surface area contributed by atoms with E-state index in [0.717, 1.165) is 11.4 Å². The predicted octanol–water partition coefficient (Wildman–Crippen LogP) is 2.89. The maximum Gasteiger partial charge on any atom is 0.228 e. The van der Waals surface area contributed by atoms with Gasteiger partial charge in [-0.3, -0.25) is 9.59 Å². The molecule has 0 aromatic heterocycles. The standard InChI is InChI=1S/C16H25N3O2.ClH/c1-11(2)9-15(20)18-13-5-7-14(8-6-13)19-16(21)12(3)10-17-4;/h5-8,11-12,17H,9-10H2,1-4H3,(H,18,20)(H,19,21);1H. The molecule has 0 heterocycles. The maximum absolute atomic E-state index is 11.9. The van der Waals surface area contributed by atoms with Gasteiger partial charge in [-0.1, -0.05) is 20.8 Å². The van der Waals surface area contributed by atoms with Gasteiger partial charge in [-0.25, -0.2) is 0 Å². The minimum absolute atomic E-state index is 0. The highest BCUT2D eigenvalue weighted by Crippen LogP contribution is 2.15. The SMILES string of the molecule is CNCC(C)C(=O)Nc1ccc(NC(=O)CC(C)C)cc1.Cl. The molecule has 22 heavy (non-hydrogen) atoms. The van der Waals surface area contributed by atoms with Gasteiger partial charge in [-0.05, 0) is 37.2 Å². The fourth-order valence-corrected chi connectivity index (χ4v) is 1.88. The number of benzene rings is 1. The zero-order valence-electron chi connectivity index (χ0n) is 13.6. The summed E-state index contributed by atoms with van der Waals surface area (Å²) in [6, 6.07) is 7.15. The van der Waals surface area contributed by atoms with E-state index in [9.17, 15) is 9.59 Å². The zero-order chi connectivity index (χ0) is 15.8. The molecule has 0 aliphatic heterocycles. The minimum atomic E-state index is -0.0968. The third-order valence-electron chi connectivity index (χ3n) is 2.99. The van der Waals surface area contributed by atoms with Crippen molar-refractivity contribution in [3.05, 3.63) is 24.3 Å². The van der Waals surface area contributed by atoms with E-state index in [0.29, 0.717) is 18.9 Å². The first-order valence-corrected chi connectivity index (χ1v) is 7.27. The lowest BCUT2D eigenvalue weighted by molar-refractivity contribution is -0.119. The smallest absolute Gasteiger partial charge is 0.228 e. The Hall–Kier alpha value is -1.59. The van der Waals surface area contributed by atoms with Crippen LogP contribution in [0.2, 0.25) is 0 Å². The molecule has 124 valence electrons. The molecule has 2 amide bonds. The van der Waals surface area contributed by atoms with Crippen LogP contribution in [-0.4, -0.2) is 25.4 Å². The third kappa shape index (κ3) is 7.43. The van der Waals surface area contributed by atoms with Crippen LogP contribution in [0.1, 0.15) is 27.2 Å². The molecule has 1 aromatic rings. The first-order chi connectivity index (χ1) is 9.92. The first kappa shape index (κ1) is 20.4. The summed E-state index contributed by atoms with van der Waals surface area (Å²) >= 11 is 0. The van der Waals surface area contributed by atoms with Gasteiger partial charge in [0.05, 0.1) is 0 Å². The molecule has 1 unspecified atom stereocenters. The number of halogens is 1. The van der Waals surface area contributed by atoms with E-state index < -0.39 is 0 Å². The molecule has 0 spiro atoms. The molecule has 0 saturated carbocycles. The number of rotatable bonds is 7. The van der Waals surface area contributed by atoms with E-state index in [2.05, 4.69) is 16.0 Å². The van der Waals surface area contributed by atoms with E-state index in [1.165, 1.54) is 0 Å². The van der Waals surface area contributed by atoms with Crippen LogP contribution in [0.4, 0.5) is 11.4 Å². The monoisotopic (exact) mass is 327 g/mol. The van der Waals surface area contributed by atoms with Crippen LogP contribution in [-0.2, 0) is 9.59 Å². The Kier molecular flexibility index (Phi) is 9.45. The van der Waals surface area contributed by atoms with E-state index in [-0.39, 0.29) is 30.1 Å². The van der Waals surface area contributed by atoms with Crippen LogP contribution < -0.4 is 16.0 Å². The number of nitrogens with one attached hydrogen (secondary N) is 3. The number of carbonyl (C=O) groups excluding carboxylic acids is 2. The number of hydrogen-bond acceptors (Lipinski definition) is 3. The van der Waals surface area contributed by atoms with E-state index >= 15 is 0 Å². The van der Waals surface area contributed by atoms with Crippen molar-refractivity contribution in [1.82, 2.24) is 5.32 Å². The van der Waals surface area contributed by atoms with Crippen LogP contribution in [0.3, 0.4) is 0 Å². The highest BCUT2D eigenvalue weighted by atomic mass is 35.5. The molecule has 5 nitrogen and oxygen atoms in total. The summed E-state index contributed by atoms with van der Waals surface area (Å²) in [5.74, 6) is 0.211. The van der Waals surface area contributed by atoms with Crippen molar-refractivity contribution >= 4 is 35.6 Å². The van der Waals surface area contributed by atoms with Crippen molar-refractivity contribution in [3.8, 4) is 0 Å². The summed E-state index contributed by atoms with van der Waals surface area (Å²) in [5, 5.41) is 8.65. The average molecular weight is 328 g/mol. The summed E-state index contributed by atoms with van der Waals surface area (Å²) in [5.41, 5.74) is 1.46. The second kappa shape index (κ2) is 10.2. The Morgan fingerprint density at radius 1 is 1.00 bits per heavy atom. The van der Waals surface area contributed by atoms with Gasteiger partial charge < -0.3 is 16.0 Å². The molecule has 1 atom stereocenters. The van der Waals surface area contributed by atoms with E-state index in [1.807, 2.05) is 27.8 Å². The lowest BCUT2D eigenvalue weighted by atomic mass is 10.1. The predicted molar refractivity (Wildman–Crippen MR) is 93.5 cm³/mol. The largest absolute Gasteiger partial charge is 0.326 e. The highest BCUT2D eigenvalue weighted by molar-refractivity contribution is 5.94. The highest BCUT2D eigenvalue weighted by Gasteiger charge is 2.12. The van der Waals surface area contributed by atoms with Crippen LogP contribution >= 0.6 is 12.4 Å². The number of hydrogen-bond donors (Lipinski definition) is 3. The van der Waals surface area contributed by atoms with Crippen LogP contribution in [0, 0.1) is 11.8 Å².